The first-order valence-electron chi connectivity index (χ1n) is 1.73. The van der Waals surface area contributed by atoms with Gasteiger partial charge in [0, 0.05) is 6.20 Å². The number of allylic oxidation sites excluding steroid dienone is 2. The van der Waals surface area contributed by atoms with E-state index in [-0.39, 0.29) is 4.70 Å². The van der Waals surface area contributed by atoms with Crippen LogP contribution in [0, 0.1) is 0 Å². The number of halogens is 1. The van der Waals surface area contributed by atoms with Crippen LogP contribution in [0.2, 0.25) is 0 Å². The van der Waals surface area contributed by atoms with Crippen LogP contribution in [-0.2, 0) is 0 Å². The van der Waals surface area contributed by atoms with Gasteiger partial charge in [-0.25, -0.2) is 0 Å². The van der Waals surface area contributed by atoms with Crippen molar-refractivity contribution in [1.82, 2.24) is 4.72 Å². The van der Waals surface area contributed by atoms with Crippen LogP contribution >= 0.6 is 11.9 Å². The second kappa shape index (κ2) is 3.74. The van der Waals surface area contributed by atoms with Gasteiger partial charge in [-0.15, -0.1) is 0 Å². The van der Waals surface area contributed by atoms with E-state index >= 15 is 0 Å². The van der Waals surface area contributed by atoms with E-state index in [2.05, 4.69) is 4.72 Å². The Morgan fingerprint density at radius 3 is 2.29 bits per heavy atom. The lowest BCUT2D eigenvalue weighted by atomic mass is 10.6. The van der Waals surface area contributed by atoms with Crippen molar-refractivity contribution in [2.24, 2.45) is 0 Å². The molecule has 1 aliphatic rings. The Morgan fingerprint density at radius 2 is 2.14 bits per heavy atom. The van der Waals surface area contributed by atoms with Crippen LogP contribution in [0.5, 0.6) is 0 Å². The summed E-state index contributed by atoms with van der Waals surface area (Å²) >= 11 is 1.58. The molecular formula is C4H6FNS. The molecule has 1 heterocycles. The molecule has 0 fully saturated rings. The molecule has 0 unspecified atom stereocenters. The van der Waals surface area contributed by atoms with Gasteiger partial charge in [-0.1, -0.05) is 6.08 Å². The number of hydrogen-bond donors (Lipinski definition) is 1. The van der Waals surface area contributed by atoms with Crippen molar-refractivity contribution in [2.75, 3.05) is 0 Å². The first-order valence-corrected chi connectivity index (χ1v) is 2.61. The Kier molecular flexibility index (Phi) is 3.50. The Morgan fingerprint density at radius 1 is 1.29 bits per heavy atom. The smallest absolute Gasteiger partial charge is 0.00756 e. The Labute approximate surface area is 46.0 Å². The standard InChI is InChI=1S/C4H5NS.FH/c1-2-4-6-5-3-1;/h1-5H;1H. The Balaban J connectivity index is 0.000000360. The number of hydrogen-bond acceptors (Lipinski definition) is 2. The van der Waals surface area contributed by atoms with Gasteiger partial charge in [0.25, 0.3) is 0 Å². The topological polar surface area (TPSA) is 12.0 Å². The molecular weight excluding hydrogens is 113 g/mol. The summed E-state index contributed by atoms with van der Waals surface area (Å²) in [6.45, 7) is 0. The van der Waals surface area contributed by atoms with Crippen molar-refractivity contribution in [3.8, 4) is 0 Å². The van der Waals surface area contributed by atoms with Gasteiger partial charge in [-0.2, -0.15) is 0 Å². The molecule has 7 heavy (non-hydrogen) atoms. The summed E-state index contributed by atoms with van der Waals surface area (Å²) in [6, 6.07) is 0. The molecule has 0 atom stereocenters. The van der Waals surface area contributed by atoms with E-state index in [1.54, 1.807) is 11.9 Å². The third-order valence-corrected chi connectivity index (χ3v) is 1.06. The maximum Gasteiger partial charge on any atom is 0.00756 e. The summed E-state index contributed by atoms with van der Waals surface area (Å²) in [5, 5.41) is 1.99. The lowest BCUT2D eigenvalue weighted by molar-refractivity contribution is 1.11. The van der Waals surface area contributed by atoms with Crippen LogP contribution in [0.3, 0.4) is 0 Å². The van der Waals surface area contributed by atoms with Gasteiger partial charge >= 0.3 is 0 Å². The van der Waals surface area contributed by atoms with Crippen LogP contribution in [0.25, 0.3) is 0 Å². The van der Waals surface area contributed by atoms with Crippen LogP contribution in [0.1, 0.15) is 0 Å². The second-order valence-electron chi connectivity index (χ2n) is 0.923. The Bertz CT molecular complexity index is 77.7. The SMILES string of the molecule is C1=CNSC=C1.F. The summed E-state index contributed by atoms with van der Waals surface area (Å²) in [4.78, 5) is 0. The maximum atomic E-state index is 2.93. The fraction of sp³-hybridized carbons (Fsp3) is 0. The van der Waals surface area contributed by atoms with Crippen molar-refractivity contribution < 1.29 is 4.70 Å². The fourth-order valence-corrected chi connectivity index (χ4v) is 0.663. The summed E-state index contributed by atoms with van der Waals surface area (Å²) in [5.41, 5.74) is 0. The van der Waals surface area contributed by atoms with Gasteiger partial charge in [0.2, 0.25) is 0 Å². The van der Waals surface area contributed by atoms with E-state index in [9.17, 15) is 0 Å². The second-order valence-corrected chi connectivity index (χ2v) is 1.67. The van der Waals surface area contributed by atoms with E-state index < -0.39 is 0 Å². The molecule has 1 nitrogen and oxygen atoms in total. The molecule has 1 aliphatic heterocycles. The van der Waals surface area contributed by atoms with E-state index in [4.69, 9.17) is 0 Å². The average molecular weight is 119 g/mol. The first kappa shape index (κ1) is 6.56. The predicted octanol–water partition coefficient (Wildman–Crippen LogP) is 1.42. The van der Waals surface area contributed by atoms with Gasteiger partial charge in [0.15, 0.2) is 0 Å². The molecule has 0 aromatic carbocycles. The molecule has 1 N–H and O–H groups in total. The monoisotopic (exact) mass is 119 g/mol. The van der Waals surface area contributed by atoms with Crippen molar-refractivity contribution in [1.29, 1.82) is 0 Å². The lowest BCUT2D eigenvalue weighted by Gasteiger charge is -1.93. The van der Waals surface area contributed by atoms with E-state index in [1.807, 2.05) is 23.8 Å². The highest BCUT2D eigenvalue weighted by molar-refractivity contribution is 8.00. The highest BCUT2D eigenvalue weighted by Gasteiger charge is 1.74. The summed E-state index contributed by atoms with van der Waals surface area (Å²) < 4.78 is 2.93. The molecule has 0 saturated carbocycles. The fourth-order valence-electron chi connectivity index (χ4n) is 0.258. The minimum absolute atomic E-state index is 0. The third-order valence-electron chi connectivity index (χ3n) is 0.490. The van der Waals surface area contributed by atoms with Crippen LogP contribution < -0.4 is 4.72 Å². The third kappa shape index (κ3) is 2.28. The Hall–Kier alpha value is -0.440. The highest BCUT2D eigenvalue weighted by Crippen LogP contribution is 1.98. The van der Waals surface area contributed by atoms with Crippen molar-refractivity contribution >= 4 is 11.9 Å². The zero-order chi connectivity index (χ0) is 4.24. The molecule has 0 bridgehead atoms. The van der Waals surface area contributed by atoms with Crippen LogP contribution in [-0.4, -0.2) is 0 Å². The predicted molar refractivity (Wildman–Crippen MR) is 31.5 cm³/mol. The minimum Gasteiger partial charge on any atom is -0.333 e. The molecule has 0 amide bonds. The normalized spacial score (nSPS) is 14.9. The van der Waals surface area contributed by atoms with Gasteiger partial charge in [0.05, 0.1) is 0 Å². The van der Waals surface area contributed by atoms with Gasteiger partial charge in [-0.05, 0) is 23.4 Å². The van der Waals surface area contributed by atoms with E-state index in [0.29, 0.717) is 0 Å². The largest absolute Gasteiger partial charge is 0.333 e. The zero-order valence-electron chi connectivity index (χ0n) is 3.63. The molecule has 0 saturated heterocycles. The van der Waals surface area contributed by atoms with E-state index in [1.165, 1.54) is 0 Å². The number of rotatable bonds is 0. The quantitative estimate of drug-likeness (QED) is 0.484. The van der Waals surface area contributed by atoms with E-state index in [0.717, 1.165) is 0 Å². The van der Waals surface area contributed by atoms with Crippen LogP contribution in [0.4, 0.5) is 4.70 Å². The van der Waals surface area contributed by atoms with Crippen molar-refractivity contribution in [2.45, 2.75) is 0 Å². The molecule has 0 spiro atoms. The molecule has 0 aliphatic carbocycles. The van der Waals surface area contributed by atoms with Gasteiger partial charge in [0.1, 0.15) is 0 Å². The summed E-state index contributed by atoms with van der Waals surface area (Å²) in [5.74, 6) is 0. The molecule has 0 aromatic rings. The maximum absolute atomic E-state index is 2.93. The molecule has 0 radical (unpaired) electrons. The number of nitrogens with one attached hydrogen (secondary N) is 1. The van der Waals surface area contributed by atoms with Gasteiger partial charge in [-0.3, -0.25) is 4.70 Å². The van der Waals surface area contributed by atoms with Crippen molar-refractivity contribution in [3.05, 3.63) is 23.8 Å². The molecule has 0 aromatic heterocycles. The van der Waals surface area contributed by atoms with Crippen molar-refractivity contribution in [3.63, 3.8) is 0 Å². The zero-order valence-corrected chi connectivity index (χ0v) is 4.44. The highest BCUT2D eigenvalue weighted by atomic mass is 32.2. The summed E-state index contributed by atoms with van der Waals surface area (Å²) in [7, 11) is 0. The summed E-state index contributed by atoms with van der Waals surface area (Å²) in [6.07, 6.45) is 5.84. The molecule has 1 rings (SSSR count). The molecule has 3 heteroatoms. The minimum atomic E-state index is 0. The van der Waals surface area contributed by atoms with Gasteiger partial charge < -0.3 is 4.72 Å². The lowest BCUT2D eigenvalue weighted by Crippen LogP contribution is -1.88. The first-order chi connectivity index (χ1) is 3.00. The molecule has 40 valence electrons. The van der Waals surface area contributed by atoms with Crippen LogP contribution in [0.15, 0.2) is 23.8 Å². The average Bonchev–Trinajstić information content (AvgIpc) is 1.72.